The number of fused-ring (bicyclic) bond motifs is 1. The predicted molar refractivity (Wildman–Crippen MR) is 53.8 cm³/mol. The largest absolute Gasteiger partial charge is 0.266 e. The second-order valence-corrected chi connectivity index (χ2v) is 3.49. The van der Waals surface area contributed by atoms with Crippen LogP contribution in [0.1, 0.15) is 6.92 Å². The molecule has 2 heterocycles. The van der Waals surface area contributed by atoms with Crippen LogP contribution in [0.15, 0.2) is 40.4 Å². The molecular formula is C8H7Cl2N3. The van der Waals surface area contributed by atoms with Gasteiger partial charge in [0.1, 0.15) is 5.70 Å². The van der Waals surface area contributed by atoms with E-state index in [0.29, 0.717) is 0 Å². The summed E-state index contributed by atoms with van der Waals surface area (Å²) in [4.78, 5) is 0. The monoisotopic (exact) mass is 215 g/mol. The molecule has 2 aliphatic rings. The number of rotatable bonds is 0. The molecule has 0 aromatic heterocycles. The quantitative estimate of drug-likeness (QED) is 0.579. The minimum absolute atomic E-state index is 0.791. The van der Waals surface area contributed by atoms with E-state index in [9.17, 15) is 0 Å². The molecule has 68 valence electrons. The summed E-state index contributed by atoms with van der Waals surface area (Å²) in [5.74, 6) is 0. The van der Waals surface area contributed by atoms with Crippen LogP contribution >= 0.6 is 23.6 Å². The van der Waals surface area contributed by atoms with Gasteiger partial charge in [-0.2, -0.15) is 9.63 Å². The third-order valence-corrected chi connectivity index (χ3v) is 2.36. The van der Waals surface area contributed by atoms with Crippen molar-refractivity contribution in [2.45, 2.75) is 6.92 Å². The van der Waals surface area contributed by atoms with E-state index in [-0.39, 0.29) is 0 Å². The molecule has 0 aliphatic carbocycles. The molecule has 0 aromatic carbocycles. The average Bonchev–Trinajstić information content (AvgIpc) is 2.12. The van der Waals surface area contributed by atoms with Crippen LogP contribution in [0.3, 0.4) is 0 Å². The van der Waals surface area contributed by atoms with E-state index in [0.717, 1.165) is 16.8 Å². The molecule has 0 unspecified atom stereocenters. The lowest BCUT2D eigenvalue weighted by Crippen LogP contribution is -2.17. The van der Waals surface area contributed by atoms with Gasteiger partial charge in [-0.05, 0) is 18.6 Å². The van der Waals surface area contributed by atoms with Gasteiger partial charge in [0.15, 0.2) is 0 Å². The summed E-state index contributed by atoms with van der Waals surface area (Å²) in [7, 11) is 0. The minimum Gasteiger partial charge on any atom is -0.266 e. The van der Waals surface area contributed by atoms with Crippen LogP contribution in [0.4, 0.5) is 0 Å². The maximum atomic E-state index is 5.83. The summed E-state index contributed by atoms with van der Waals surface area (Å²) in [6.45, 7) is 1.98. The maximum Gasteiger partial charge on any atom is 0.103 e. The van der Waals surface area contributed by atoms with Gasteiger partial charge in [-0.1, -0.05) is 0 Å². The summed E-state index contributed by atoms with van der Waals surface area (Å²) in [6.07, 6.45) is 7.09. The fraction of sp³-hybridized carbons (Fsp3) is 0.125. The number of allylic oxidation sites excluding steroid dienone is 2. The Balaban J connectivity index is 2.48. The lowest BCUT2D eigenvalue weighted by Gasteiger charge is -2.24. The van der Waals surface area contributed by atoms with Crippen LogP contribution in [-0.2, 0) is 0 Å². The van der Waals surface area contributed by atoms with Crippen LogP contribution < -0.4 is 0 Å². The zero-order chi connectivity index (χ0) is 9.42. The molecule has 0 radical (unpaired) electrons. The van der Waals surface area contributed by atoms with E-state index in [1.165, 1.54) is 8.95 Å². The highest BCUT2D eigenvalue weighted by atomic mass is 35.5. The molecule has 0 saturated heterocycles. The zero-order valence-electron chi connectivity index (χ0n) is 6.91. The summed E-state index contributed by atoms with van der Waals surface area (Å²) >= 11 is 11.6. The Labute approximate surface area is 86.4 Å². The van der Waals surface area contributed by atoms with Crippen LogP contribution in [-0.4, -0.2) is 15.2 Å². The highest BCUT2D eigenvalue weighted by Crippen LogP contribution is 2.29. The first-order chi connectivity index (χ1) is 6.18. The first kappa shape index (κ1) is 8.66. The predicted octanol–water partition coefficient (Wildman–Crippen LogP) is 2.58. The molecule has 0 N–H and O–H groups in total. The van der Waals surface area contributed by atoms with Crippen molar-refractivity contribution in [2.75, 3.05) is 0 Å². The first-order valence-corrected chi connectivity index (χ1v) is 4.41. The normalized spacial score (nSPS) is 20.7. The minimum atomic E-state index is 0.791. The first-order valence-electron chi connectivity index (χ1n) is 3.74. The molecule has 0 fully saturated rings. The van der Waals surface area contributed by atoms with E-state index in [4.69, 9.17) is 23.6 Å². The topological polar surface area (TPSA) is 18.8 Å². The SMILES string of the molecule is CC1=C2C=CN(Cl)C=C2N(Cl)N=C1. The molecule has 0 spiro atoms. The van der Waals surface area contributed by atoms with Gasteiger partial charge >= 0.3 is 0 Å². The van der Waals surface area contributed by atoms with Crippen molar-refractivity contribution in [2.24, 2.45) is 5.10 Å². The number of halogens is 2. The molecule has 3 nitrogen and oxygen atoms in total. The van der Waals surface area contributed by atoms with Gasteiger partial charge in [-0.15, -0.1) is 0 Å². The van der Waals surface area contributed by atoms with E-state index in [2.05, 4.69) is 5.10 Å². The standard InChI is InChI=1S/C8H7Cl2N3/c1-6-4-11-13(10)8-5-12(9)3-2-7(6)8/h2-5H,1H3. The van der Waals surface area contributed by atoms with Crippen LogP contribution in [0.2, 0.25) is 0 Å². The second kappa shape index (κ2) is 3.09. The average molecular weight is 216 g/mol. The highest BCUT2D eigenvalue weighted by molar-refractivity contribution is 6.16. The van der Waals surface area contributed by atoms with Crippen molar-refractivity contribution >= 4 is 29.8 Å². The van der Waals surface area contributed by atoms with Crippen molar-refractivity contribution in [1.29, 1.82) is 0 Å². The Kier molecular flexibility index (Phi) is 2.06. The third-order valence-electron chi connectivity index (χ3n) is 1.88. The molecule has 2 aliphatic heterocycles. The van der Waals surface area contributed by atoms with Crippen molar-refractivity contribution < 1.29 is 0 Å². The number of hydrogen-bond donors (Lipinski definition) is 0. The molecule has 0 saturated carbocycles. The lowest BCUT2D eigenvalue weighted by atomic mass is 10.1. The smallest absolute Gasteiger partial charge is 0.103 e. The Bertz CT molecular complexity index is 354. The Hall–Kier alpha value is -0.930. The molecule has 0 aromatic rings. The van der Waals surface area contributed by atoms with E-state index in [1.807, 2.05) is 13.0 Å². The van der Waals surface area contributed by atoms with Crippen molar-refractivity contribution in [3.05, 3.63) is 35.3 Å². The van der Waals surface area contributed by atoms with E-state index >= 15 is 0 Å². The Morgan fingerprint density at radius 3 is 2.92 bits per heavy atom. The lowest BCUT2D eigenvalue weighted by molar-refractivity contribution is 0.583. The second-order valence-electron chi connectivity index (χ2n) is 2.78. The van der Waals surface area contributed by atoms with E-state index in [1.54, 1.807) is 18.6 Å². The van der Waals surface area contributed by atoms with Crippen LogP contribution in [0.25, 0.3) is 0 Å². The van der Waals surface area contributed by atoms with Crippen molar-refractivity contribution in [3.63, 3.8) is 0 Å². The van der Waals surface area contributed by atoms with Gasteiger partial charge in [-0.3, -0.25) is 4.42 Å². The maximum absolute atomic E-state index is 5.83. The zero-order valence-corrected chi connectivity index (χ0v) is 8.42. The van der Waals surface area contributed by atoms with Crippen molar-refractivity contribution in [1.82, 2.24) is 8.95 Å². The highest BCUT2D eigenvalue weighted by Gasteiger charge is 2.19. The van der Waals surface area contributed by atoms with Crippen molar-refractivity contribution in [3.8, 4) is 0 Å². The summed E-state index contributed by atoms with van der Waals surface area (Å²) in [6, 6.07) is 0. The molecule has 0 amide bonds. The number of nitrogens with zero attached hydrogens (tertiary/aromatic N) is 3. The third kappa shape index (κ3) is 1.45. The number of hydrazone groups is 1. The summed E-state index contributed by atoms with van der Waals surface area (Å²) in [5.41, 5.74) is 2.91. The summed E-state index contributed by atoms with van der Waals surface area (Å²) in [5, 5.41) is 3.96. The summed E-state index contributed by atoms with van der Waals surface area (Å²) < 4.78 is 2.70. The van der Waals surface area contributed by atoms with Gasteiger partial charge in [0, 0.05) is 41.5 Å². The van der Waals surface area contributed by atoms with Gasteiger partial charge in [-0.25, -0.2) is 0 Å². The Morgan fingerprint density at radius 1 is 1.38 bits per heavy atom. The van der Waals surface area contributed by atoms with Crippen LogP contribution in [0, 0.1) is 0 Å². The molecule has 0 bridgehead atoms. The fourth-order valence-corrected chi connectivity index (χ4v) is 1.54. The van der Waals surface area contributed by atoms with Gasteiger partial charge in [0.2, 0.25) is 0 Å². The van der Waals surface area contributed by atoms with Gasteiger partial charge in [0.05, 0.1) is 6.21 Å². The molecule has 2 rings (SSSR count). The molecule has 13 heavy (non-hydrogen) atoms. The molecule has 5 heteroatoms. The van der Waals surface area contributed by atoms with E-state index < -0.39 is 0 Å². The number of hydrogen-bond acceptors (Lipinski definition) is 3. The molecular weight excluding hydrogens is 209 g/mol. The van der Waals surface area contributed by atoms with Crippen LogP contribution in [0.5, 0.6) is 0 Å². The van der Waals surface area contributed by atoms with Gasteiger partial charge < -0.3 is 0 Å². The fourth-order valence-electron chi connectivity index (χ4n) is 1.21. The van der Waals surface area contributed by atoms with Gasteiger partial charge in [0.25, 0.3) is 0 Å². The Morgan fingerprint density at radius 2 is 2.15 bits per heavy atom. The molecule has 0 atom stereocenters.